The molecule has 0 spiro atoms. The van der Waals surface area contributed by atoms with Gasteiger partial charge in [-0.3, -0.25) is 9.10 Å². The number of fused-ring (bicyclic) bond motifs is 1. The number of carbonyl (C=O) groups is 1. The Labute approximate surface area is 230 Å². The molecule has 2 N–H and O–H groups in total. The van der Waals surface area contributed by atoms with Gasteiger partial charge in [-0.25, -0.2) is 12.8 Å². The Hall–Kier alpha value is -3.65. The third-order valence-corrected chi connectivity index (χ3v) is 8.64. The standard InChI is InChI=1S/C27H23F7N2O4S/c28-20-8-11-22(12-9-20)41(39,40)36-21(15-24(37)35-16-17-4-2-1-3-5-17)10-6-18-14-19(7-13-23(18)36)25(38,26(29,30)31)27(32,33)34/h1-5,7-9,11-14,21,38H,6,10,15-16H2,(H,35,37)/t21-/m0/s1. The van der Waals surface area contributed by atoms with Crippen molar-refractivity contribution in [2.45, 2.75) is 54.7 Å². The fourth-order valence-electron chi connectivity index (χ4n) is 4.66. The molecule has 220 valence electrons. The van der Waals surface area contributed by atoms with Gasteiger partial charge in [0.15, 0.2) is 0 Å². The van der Waals surface area contributed by atoms with Gasteiger partial charge in [-0.05, 0) is 54.3 Å². The number of nitrogens with one attached hydrogen (secondary N) is 1. The fraction of sp³-hybridized carbons (Fsp3) is 0.296. The predicted molar refractivity (Wildman–Crippen MR) is 134 cm³/mol. The summed E-state index contributed by atoms with van der Waals surface area (Å²) in [6.45, 7) is 0.129. The van der Waals surface area contributed by atoms with E-state index in [4.69, 9.17) is 0 Å². The summed E-state index contributed by atoms with van der Waals surface area (Å²) in [7, 11) is -4.58. The summed E-state index contributed by atoms with van der Waals surface area (Å²) in [5.74, 6) is -1.30. The number of alkyl halides is 6. The smallest absolute Gasteiger partial charge is 0.369 e. The van der Waals surface area contributed by atoms with E-state index in [9.17, 15) is 49.1 Å². The second-order valence-corrected chi connectivity index (χ2v) is 11.3. The van der Waals surface area contributed by atoms with Crippen LogP contribution in [-0.2, 0) is 33.4 Å². The van der Waals surface area contributed by atoms with E-state index in [-0.39, 0.29) is 37.1 Å². The molecule has 0 saturated carbocycles. The summed E-state index contributed by atoms with van der Waals surface area (Å²) >= 11 is 0. The number of anilines is 1. The van der Waals surface area contributed by atoms with Gasteiger partial charge in [0.2, 0.25) is 5.91 Å². The van der Waals surface area contributed by atoms with Crippen molar-refractivity contribution in [2.24, 2.45) is 0 Å². The van der Waals surface area contributed by atoms with Crippen LogP contribution in [0, 0.1) is 5.82 Å². The second-order valence-electron chi connectivity index (χ2n) is 9.46. The number of nitrogens with zero attached hydrogens (tertiary/aromatic N) is 1. The molecule has 3 aromatic rings. The van der Waals surface area contributed by atoms with Crippen molar-refractivity contribution in [1.29, 1.82) is 0 Å². The molecular formula is C27H23F7N2O4S. The highest BCUT2D eigenvalue weighted by molar-refractivity contribution is 7.92. The van der Waals surface area contributed by atoms with Gasteiger partial charge in [-0.15, -0.1) is 0 Å². The fourth-order valence-corrected chi connectivity index (χ4v) is 6.38. The second kappa shape index (κ2) is 11.0. The van der Waals surface area contributed by atoms with Crippen LogP contribution in [0.2, 0.25) is 0 Å². The Morgan fingerprint density at radius 1 is 0.927 bits per heavy atom. The number of hydrogen-bond acceptors (Lipinski definition) is 4. The molecule has 3 aromatic carbocycles. The topological polar surface area (TPSA) is 86.7 Å². The number of halogens is 7. The molecule has 0 bridgehead atoms. The zero-order chi connectivity index (χ0) is 30.2. The van der Waals surface area contributed by atoms with Crippen LogP contribution >= 0.6 is 0 Å². The maximum atomic E-state index is 13.7. The van der Waals surface area contributed by atoms with Crippen molar-refractivity contribution in [3.05, 3.63) is 95.3 Å². The Bertz CT molecular complexity index is 1500. The molecule has 6 nitrogen and oxygen atoms in total. The third kappa shape index (κ3) is 5.89. The minimum absolute atomic E-state index is 0.129. The highest BCUT2D eigenvalue weighted by Crippen LogP contribution is 2.51. The zero-order valence-electron chi connectivity index (χ0n) is 21.0. The van der Waals surface area contributed by atoms with Crippen molar-refractivity contribution in [3.63, 3.8) is 0 Å². The van der Waals surface area contributed by atoms with Gasteiger partial charge >= 0.3 is 12.4 Å². The van der Waals surface area contributed by atoms with Crippen molar-refractivity contribution in [2.75, 3.05) is 4.31 Å². The largest absolute Gasteiger partial charge is 0.430 e. The molecule has 41 heavy (non-hydrogen) atoms. The Balaban J connectivity index is 1.74. The van der Waals surface area contributed by atoms with Gasteiger partial charge in [-0.2, -0.15) is 26.3 Å². The van der Waals surface area contributed by atoms with Crippen LogP contribution in [0.3, 0.4) is 0 Å². The van der Waals surface area contributed by atoms with Crippen LogP contribution in [0.4, 0.5) is 36.4 Å². The van der Waals surface area contributed by atoms with Crippen molar-refractivity contribution in [3.8, 4) is 0 Å². The number of benzene rings is 3. The van der Waals surface area contributed by atoms with E-state index in [0.29, 0.717) is 12.1 Å². The van der Waals surface area contributed by atoms with Crippen molar-refractivity contribution in [1.82, 2.24) is 5.32 Å². The first-order valence-electron chi connectivity index (χ1n) is 12.2. The van der Waals surface area contributed by atoms with Gasteiger partial charge in [0.25, 0.3) is 15.6 Å². The number of rotatable bonds is 7. The van der Waals surface area contributed by atoms with E-state index >= 15 is 0 Å². The molecule has 0 fully saturated rings. The predicted octanol–water partition coefficient (Wildman–Crippen LogP) is 5.35. The first-order chi connectivity index (χ1) is 19.1. The zero-order valence-corrected chi connectivity index (χ0v) is 21.8. The lowest BCUT2D eigenvalue weighted by Crippen LogP contribution is -2.54. The van der Waals surface area contributed by atoms with Crippen LogP contribution in [0.5, 0.6) is 0 Å². The van der Waals surface area contributed by atoms with E-state index in [2.05, 4.69) is 5.32 Å². The lowest BCUT2D eigenvalue weighted by Gasteiger charge is -2.39. The van der Waals surface area contributed by atoms with Gasteiger partial charge in [0.05, 0.1) is 16.6 Å². The van der Waals surface area contributed by atoms with Crippen molar-refractivity contribution < 1.29 is 49.1 Å². The van der Waals surface area contributed by atoms with Crippen LogP contribution in [0.1, 0.15) is 29.5 Å². The normalized spacial score (nSPS) is 16.3. The van der Waals surface area contributed by atoms with E-state index in [1.54, 1.807) is 30.3 Å². The average Bonchev–Trinajstić information content (AvgIpc) is 2.90. The maximum absolute atomic E-state index is 13.7. The molecule has 1 aliphatic heterocycles. The van der Waals surface area contributed by atoms with E-state index in [0.717, 1.165) is 40.2 Å². The lowest BCUT2D eigenvalue weighted by molar-refractivity contribution is -0.376. The molecular weight excluding hydrogens is 581 g/mol. The highest BCUT2D eigenvalue weighted by Gasteiger charge is 2.71. The monoisotopic (exact) mass is 604 g/mol. The number of amides is 1. The average molecular weight is 605 g/mol. The highest BCUT2D eigenvalue weighted by atomic mass is 32.2. The van der Waals surface area contributed by atoms with Gasteiger partial charge < -0.3 is 10.4 Å². The summed E-state index contributed by atoms with van der Waals surface area (Å²) < 4.78 is 123. The minimum atomic E-state index is -6.13. The Morgan fingerprint density at radius 2 is 1.54 bits per heavy atom. The van der Waals surface area contributed by atoms with Gasteiger partial charge in [0, 0.05) is 18.5 Å². The molecule has 0 aromatic heterocycles. The van der Waals surface area contributed by atoms with E-state index < -0.39 is 56.2 Å². The summed E-state index contributed by atoms with van der Waals surface area (Å²) in [5.41, 5.74) is -6.46. The number of hydrogen-bond donors (Lipinski definition) is 2. The number of aryl methyl sites for hydroxylation is 1. The first-order valence-corrected chi connectivity index (χ1v) is 13.6. The molecule has 1 heterocycles. The molecule has 0 aliphatic carbocycles. The molecule has 14 heteroatoms. The van der Waals surface area contributed by atoms with E-state index in [1.165, 1.54) is 0 Å². The lowest BCUT2D eigenvalue weighted by atomic mass is 9.87. The number of carbonyl (C=O) groups excluding carboxylic acids is 1. The SMILES string of the molecule is O=C(C[C@@H]1CCc2cc(C(O)(C(F)(F)F)C(F)(F)F)ccc2N1S(=O)(=O)c1ccc(F)cc1)NCc1ccccc1. The molecule has 1 amide bonds. The Kier molecular flexibility index (Phi) is 8.11. The Morgan fingerprint density at radius 3 is 2.12 bits per heavy atom. The van der Waals surface area contributed by atoms with E-state index in [1.807, 2.05) is 0 Å². The first kappa shape index (κ1) is 30.3. The molecule has 0 saturated heterocycles. The summed E-state index contributed by atoms with van der Waals surface area (Å²) in [6, 6.07) is 12.9. The number of sulfonamides is 1. The quantitative estimate of drug-likeness (QED) is 0.356. The summed E-state index contributed by atoms with van der Waals surface area (Å²) in [5, 5.41) is 12.5. The van der Waals surface area contributed by atoms with Crippen LogP contribution in [0.25, 0.3) is 0 Å². The molecule has 4 rings (SSSR count). The molecule has 0 radical (unpaired) electrons. The number of aliphatic hydroxyl groups is 1. The third-order valence-electron chi connectivity index (χ3n) is 6.76. The summed E-state index contributed by atoms with van der Waals surface area (Å²) in [4.78, 5) is 12.4. The summed E-state index contributed by atoms with van der Waals surface area (Å²) in [6.07, 6.45) is -13.0. The minimum Gasteiger partial charge on any atom is -0.369 e. The molecule has 0 unspecified atom stereocenters. The van der Waals surface area contributed by atoms with Crippen LogP contribution in [-0.4, -0.2) is 37.8 Å². The van der Waals surface area contributed by atoms with Crippen molar-refractivity contribution >= 4 is 21.6 Å². The molecule has 1 aliphatic rings. The van der Waals surface area contributed by atoms with Gasteiger partial charge in [0.1, 0.15) is 5.82 Å². The molecule has 1 atom stereocenters. The maximum Gasteiger partial charge on any atom is 0.430 e. The van der Waals surface area contributed by atoms with Crippen LogP contribution in [0.15, 0.2) is 77.7 Å². The van der Waals surface area contributed by atoms with Crippen LogP contribution < -0.4 is 9.62 Å². The van der Waals surface area contributed by atoms with Gasteiger partial charge in [-0.1, -0.05) is 42.5 Å².